The maximum absolute atomic E-state index is 12.8. The molecule has 136 valence electrons. The van der Waals surface area contributed by atoms with Gasteiger partial charge < -0.3 is 9.47 Å². The molecule has 0 aromatic heterocycles. The van der Waals surface area contributed by atoms with Crippen molar-refractivity contribution >= 4 is 17.7 Å². The first-order valence-electron chi connectivity index (χ1n) is 8.35. The van der Waals surface area contributed by atoms with Gasteiger partial charge in [0, 0.05) is 17.3 Å². The fraction of sp³-hybridized carbons (Fsp3) is 0.400. The number of hydrogen-bond donors (Lipinski definition) is 0. The molecule has 6 nitrogen and oxygen atoms in total. The summed E-state index contributed by atoms with van der Waals surface area (Å²) in [5.74, 6) is -2.39. The minimum Gasteiger partial charge on any atom is -0.468 e. The Morgan fingerprint density at radius 2 is 1.96 bits per heavy atom. The number of benzene rings is 1. The highest BCUT2D eigenvalue weighted by atomic mass is 16.5. The Balaban J connectivity index is 2.67. The third kappa shape index (κ3) is 3.83. The van der Waals surface area contributed by atoms with Crippen molar-refractivity contribution in [2.45, 2.75) is 39.7 Å². The number of allylic oxidation sites excluding steroid dienone is 1. The van der Waals surface area contributed by atoms with Crippen LogP contribution in [0.15, 0.2) is 40.5 Å². The Morgan fingerprint density at radius 3 is 2.54 bits per heavy atom. The summed E-state index contributed by atoms with van der Waals surface area (Å²) in [5, 5.41) is 9.21. The lowest BCUT2D eigenvalue weighted by Crippen LogP contribution is -2.36. The summed E-state index contributed by atoms with van der Waals surface area (Å²) in [5.41, 5.74) is 2.49. The van der Waals surface area contributed by atoms with E-state index in [0.717, 1.165) is 0 Å². The molecule has 26 heavy (non-hydrogen) atoms. The van der Waals surface area contributed by atoms with Crippen molar-refractivity contribution in [2.75, 3.05) is 7.11 Å². The van der Waals surface area contributed by atoms with Crippen molar-refractivity contribution in [1.82, 2.24) is 0 Å². The summed E-state index contributed by atoms with van der Waals surface area (Å²) >= 11 is 0. The number of ether oxygens (including phenoxy) is 2. The van der Waals surface area contributed by atoms with Crippen LogP contribution in [0.5, 0.6) is 0 Å². The number of carbonyl (C=O) groups is 2. The number of rotatable bonds is 4. The molecule has 1 aliphatic rings. The van der Waals surface area contributed by atoms with Crippen LogP contribution in [-0.2, 0) is 19.1 Å². The van der Waals surface area contributed by atoms with Crippen molar-refractivity contribution in [3.63, 3.8) is 0 Å². The van der Waals surface area contributed by atoms with Gasteiger partial charge in [0.25, 0.3) is 0 Å². The third-order valence-electron chi connectivity index (χ3n) is 4.22. The van der Waals surface area contributed by atoms with Crippen LogP contribution < -0.4 is 0 Å². The van der Waals surface area contributed by atoms with E-state index in [0.29, 0.717) is 28.1 Å². The molecule has 0 fully saturated rings. The fourth-order valence-electron chi connectivity index (χ4n) is 3.17. The molecule has 1 aliphatic heterocycles. The Bertz CT molecular complexity index is 830. The molecule has 2 rings (SSSR count). The standard InChI is InChI=1S/C20H22N2O4/c1-11(2)26-20(24)17-13(4)22-12(3)16(19(23)25-5)18(17)15-8-6-7-14(9-15)10-21/h6-9,11,16,18H,1-5H3. The minimum atomic E-state index is -0.757. The Kier molecular flexibility index (Phi) is 5.93. The van der Waals surface area contributed by atoms with Crippen molar-refractivity contribution in [2.24, 2.45) is 10.9 Å². The predicted octanol–water partition coefficient (Wildman–Crippen LogP) is 3.13. The quantitative estimate of drug-likeness (QED) is 0.775. The highest BCUT2D eigenvalue weighted by Crippen LogP contribution is 2.40. The van der Waals surface area contributed by atoms with Crippen LogP contribution in [0.1, 0.15) is 44.7 Å². The van der Waals surface area contributed by atoms with Crippen molar-refractivity contribution in [3.8, 4) is 6.07 Å². The predicted molar refractivity (Wildman–Crippen MR) is 96.4 cm³/mol. The zero-order valence-corrected chi connectivity index (χ0v) is 15.6. The van der Waals surface area contributed by atoms with Crippen molar-refractivity contribution in [1.29, 1.82) is 5.26 Å². The maximum Gasteiger partial charge on any atom is 0.336 e. The van der Waals surface area contributed by atoms with Gasteiger partial charge in [-0.1, -0.05) is 12.1 Å². The van der Waals surface area contributed by atoms with Gasteiger partial charge in [0.2, 0.25) is 0 Å². The molecule has 6 heteroatoms. The average Bonchev–Trinajstić information content (AvgIpc) is 2.59. The summed E-state index contributed by atoms with van der Waals surface area (Å²) < 4.78 is 10.3. The summed E-state index contributed by atoms with van der Waals surface area (Å²) in [4.78, 5) is 29.6. The zero-order chi connectivity index (χ0) is 19.4. The van der Waals surface area contributed by atoms with E-state index >= 15 is 0 Å². The van der Waals surface area contributed by atoms with E-state index in [1.807, 2.05) is 0 Å². The number of aliphatic imine (C=N–C) groups is 1. The maximum atomic E-state index is 12.8. The van der Waals surface area contributed by atoms with E-state index in [4.69, 9.17) is 9.47 Å². The number of nitriles is 1. The van der Waals surface area contributed by atoms with Gasteiger partial charge in [0.05, 0.1) is 30.4 Å². The fourth-order valence-corrected chi connectivity index (χ4v) is 3.17. The molecule has 0 aliphatic carbocycles. The molecule has 0 spiro atoms. The highest BCUT2D eigenvalue weighted by Gasteiger charge is 2.42. The summed E-state index contributed by atoms with van der Waals surface area (Å²) in [7, 11) is 1.30. The second-order valence-electron chi connectivity index (χ2n) is 6.42. The van der Waals surface area contributed by atoms with E-state index in [-0.39, 0.29) is 6.10 Å². The number of carbonyl (C=O) groups excluding carboxylic acids is 2. The molecule has 0 N–H and O–H groups in total. The average molecular weight is 354 g/mol. The lowest BCUT2D eigenvalue weighted by atomic mass is 9.75. The second kappa shape index (κ2) is 7.96. The van der Waals surface area contributed by atoms with Crippen molar-refractivity contribution < 1.29 is 19.1 Å². The topological polar surface area (TPSA) is 88.8 Å². The Hall–Kier alpha value is -2.94. The highest BCUT2D eigenvalue weighted by molar-refractivity contribution is 6.07. The van der Waals surface area contributed by atoms with Gasteiger partial charge in [-0.3, -0.25) is 9.79 Å². The van der Waals surface area contributed by atoms with Gasteiger partial charge in [-0.25, -0.2) is 4.79 Å². The third-order valence-corrected chi connectivity index (χ3v) is 4.22. The van der Waals surface area contributed by atoms with E-state index in [1.165, 1.54) is 7.11 Å². The van der Waals surface area contributed by atoms with E-state index < -0.39 is 23.8 Å². The van der Waals surface area contributed by atoms with E-state index in [1.54, 1.807) is 52.0 Å². The number of esters is 2. The molecule has 1 heterocycles. The second-order valence-corrected chi connectivity index (χ2v) is 6.42. The van der Waals surface area contributed by atoms with Gasteiger partial charge in [-0.2, -0.15) is 5.26 Å². The van der Waals surface area contributed by atoms with Gasteiger partial charge in [0.15, 0.2) is 0 Å². The number of methoxy groups -OCH3 is 1. The van der Waals surface area contributed by atoms with E-state index in [2.05, 4.69) is 11.1 Å². The molecule has 0 radical (unpaired) electrons. The van der Waals surface area contributed by atoms with Crippen LogP contribution in [0.4, 0.5) is 0 Å². The lowest BCUT2D eigenvalue weighted by molar-refractivity contribution is -0.145. The molecule has 0 saturated carbocycles. The van der Waals surface area contributed by atoms with Crippen LogP contribution in [0.25, 0.3) is 0 Å². The first-order chi connectivity index (χ1) is 12.3. The van der Waals surface area contributed by atoms with Gasteiger partial charge >= 0.3 is 11.9 Å². The molecular weight excluding hydrogens is 332 g/mol. The van der Waals surface area contributed by atoms with Gasteiger partial charge in [-0.05, 0) is 45.4 Å². The lowest BCUT2D eigenvalue weighted by Gasteiger charge is -2.31. The Morgan fingerprint density at radius 1 is 1.27 bits per heavy atom. The summed E-state index contributed by atoms with van der Waals surface area (Å²) in [6, 6.07) is 8.94. The molecule has 0 amide bonds. The largest absolute Gasteiger partial charge is 0.468 e. The molecule has 1 aromatic rings. The molecule has 0 saturated heterocycles. The molecule has 0 bridgehead atoms. The SMILES string of the molecule is COC(=O)C1C(C)=NC(C)=C(C(=O)OC(C)C)C1c1cccc(C#N)c1. The van der Waals surface area contributed by atoms with Crippen LogP contribution in [0.2, 0.25) is 0 Å². The molecule has 2 unspecified atom stereocenters. The summed E-state index contributed by atoms with van der Waals surface area (Å²) in [6.45, 7) is 6.97. The van der Waals surface area contributed by atoms with Crippen LogP contribution in [0, 0.1) is 17.2 Å². The zero-order valence-electron chi connectivity index (χ0n) is 15.6. The monoisotopic (exact) mass is 354 g/mol. The van der Waals surface area contributed by atoms with Crippen LogP contribution in [0.3, 0.4) is 0 Å². The molecule has 2 atom stereocenters. The number of nitrogens with zero attached hydrogens (tertiary/aromatic N) is 2. The van der Waals surface area contributed by atoms with Gasteiger partial charge in [0.1, 0.15) is 5.92 Å². The number of hydrogen-bond acceptors (Lipinski definition) is 6. The normalized spacial score (nSPS) is 19.7. The molecular formula is C20H22N2O4. The van der Waals surface area contributed by atoms with Crippen LogP contribution >= 0.6 is 0 Å². The first-order valence-corrected chi connectivity index (χ1v) is 8.35. The summed E-state index contributed by atoms with van der Waals surface area (Å²) in [6.07, 6.45) is -0.308. The van der Waals surface area contributed by atoms with Crippen molar-refractivity contribution in [3.05, 3.63) is 46.7 Å². The minimum absolute atomic E-state index is 0.308. The first kappa shape index (κ1) is 19.4. The smallest absolute Gasteiger partial charge is 0.336 e. The Labute approximate surface area is 153 Å². The van der Waals surface area contributed by atoms with Crippen LogP contribution in [-0.4, -0.2) is 30.9 Å². The molecule has 1 aromatic carbocycles. The van der Waals surface area contributed by atoms with E-state index in [9.17, 15) is 14.9 Å². The van der Waals surface area contributed by atoms with Gasteiger partial charge in [-0.15, -0.1) is 0 Å².